The van der Waals surface area contributed by atoms with Gasteiger partial charge in [-0.2, -0.15) is 0 Å². The molecule has 0 atom stereocenters. The minimum atomic E-state index is 0.864. The van der Waals surface area contributed by atoms with Crippen LogP contribution in [0.15, 0.2) is 48.1 Å². The maximum Gasteiger partial charge on any atom is -0.0244 e. The molecule has 0 aliphatic heterocycles. The molecule has 0 bridgehead atoms. The summed E-state index contributed by atoms with van der Waals surface area (Å²) in [5, 5.41) is 0. The summed E-state index contributed by atoms with van der Waals surface area (Å²) in [6, 6.07) is 0. The normalized spacial score (nSPS) is 19.2. The van der Waals surface area contributed by atoms with Gasteiger partial charge in [-0.15, -0.1) is 0 Å². The van der Waals surface area contributed by atoms with E-state index in [4.69, 9.17) is 0 Å². The van der Waals surface area contributed by atoms with Crippen LogP contribution in [-0.2, 0) is 0 Å². The van der Waals surface area contributed by atoms with Crippen LogP contribution in [0.25, 0.3) is 0 Å². The highest BCUT2D eigenvalue weighted by Gasteiger charge is 2.16. The fraction of sp³-hybridized carbons (Fsp3) is 0.529. The van der Waals surface area contributed by atoms with Gasteiger partial charge in [0.05, 0.1) is 0 Å². The van der Waals surface area contributed by atoms with E-state index in [1.807, 2.05) is 6.08 Å². The van der Waals surface area contributed by atoms with Crippen LogP contribution in [0.4, 0.5) is 0 Å². The molecule has 1 aliphatic rings. The van der Waals surface area contributed by atoms with E-state index < -0.39 is 0 Å². The second-order valence-electron chi connectivity index (χ2n) is 5.10. The molecule has 0 amide bonds. The minimum Gasteiger partial charge on any atom is -0.0991 e. The van der Waals surface area contributed by atoms with Gasteiger partial charge in [-0.25, -0.2) is 0 Å². The first kappa shape index (κ1) is 14.0. The lowest BCUT2D eigenvalue weighted by atomic mass is 9.82. The van der Waals surface area contributed by atoms with Gasteiger partial charge < -0.3 is 0 Å². The third kappa shape index (κ3) is 4.38. The van der Waals surface area contributed by atoms with Crippen molar-refractivity contribution in [2.75, 3.05) is 0 Å². The lowest BCUT2D eigenvalue weighted by Gasteiger charge is -2.23. The Morgan fingerprint density at radius 3 is 2.41 bits per heavy atom. The van der Waals surface area contributed by atoms with E-state index in [0.29, 0.717) is 0 Å². The second kappa shape index (κ2) is 7.32. The summed E-state index contributed by atoms with van der Waals surface area (Å²) < 4.78 is 0. The van der Waals surface area contributed by atoms with Gasteiger partial charge in [0.2, 0.25) is 0 Å². The van der Waals surface area contributed by atoms with E-state index in [0.717, 1.165) is 5.92 Å². The van der Waals surface area contributed by atoms with Gasteiger partial charge in [-0.3, -0.25) is 0 Å². The summed E-state index contributed by atoms with van der Waals surface area (Å²) >= 11 is 0. The molecule has 1 saturated carbocycles. The van der Waals surface area contributed by atoms with Crippen LogP contribution < -0.4 is 0 Å². The Balaban J connectivity index is 2.60. The third-order valence-electron chi connectivity index (χ3n) is 3.72. The van der Waals surface area contributed by atoms with E-state index in [2.05, 4.69) is 39.2 Å². The highest BCUT2D eigenvalue weighted by Crippen LogP contribution is 2.32. The molecular weight excluding hydrogens is 204 g/mol. The lowest BCUT2D eigenvalue weighted by molar-refractivity contribution is 0.357. The summed E-state index contributed by atoms with van der Waals surface area (Å²) in [6.07, 6.45) is 14.3. The molecule has 0 saturated heterocycles. The highest BCUT2D eigenvalue weighted by atomic mass is 14.2. The number of rotatable bonds is 5. The zero-order chi connectivity index (χ0) is 12.7. The molecular formula is C17H26. The largest absolute Gasteiger partial charge is 0.0991 e. The van der Waals surface area contributed by atoms with Crippen molar-refractivity contribution in [2.45, 2.75) is 52.4 Å². The van der Waals surface area contributed by atoms with E-state index in [1.165, 1.54) is 55.2 Å². The van der Waals surface area contributed by atoms with Crippen LogP contribution in [0.2, 0.25) is 0 Å². The molecule has 0 N–H and O–H groups in total. The molecule has 0 aromatic heterocycles. The maximum atomic E-state index is 4.28. The van der Waals surface area contributed by atoms with Crippen LogP contribution >= 0.6 is 0 Å². The van der Waals surface area contributed by atoms with Gasteiger partial charge in [0.1, 0.15) is 0 Å². The summed E-state index contributed by atoms with van der Waals surface area (Å²) in [5.41, 5.74) is 3.90. The highest BCUT2D eigenvalue weighted by molar-refractivity contribution is 5.45. The third-order valence-corrected chi connectivity index (χ3v) is 3.72. The fourth-order valence-electron chi connectivity index (χ4n) is 2.83. The Labute approximate surface area is 107 Å². The Hall–Kier alpha value is -1.04. The molecule has 0 unspecified atom stereocenters. The lowest BCUT2D eigenvalue weighted by Crippen LogP contribution is -2.08. The molecule has 0 heteroatoms. The van der Waals surface area contributed by atoms with Crippen LogP contribution in [0.5, 0.6) is 0 Å². The standard InChI is InChI=1S/C17H26/c1-5-10-14(3)17(6-2)15(4)13-16-11-8-7-9-12-16/h5-6,10,16H,1,4,7-9,11-13H2,2-3H3/b14-10-,17-6+. The summed E-state index contributed by atoms with van der Waals surface area (Å²) in [5.74, 6) is 0.864. The SMILES string of the molecule is C=C/C=C(C)\C(=C/C)C(=C)CC1CCCCC1. The zero-order valence-corrected chi connectivity index (χ0v) is 11.5. The van der Waals surface area contributed by atoms with E-state index in [1.54, 1.807) is 0 Å². The number of allylic oxidation sites excluding steroid dienone is 6. The first-order valence-electron chi connectivity index (χ1n) is 6.83. The molecule has 0 spiro atoms. The van der Waals surface area contributed by atoms with Gasteiger partial charge >= 0.3 is 0 Å². The molecule has 0 nitrogen and oxygen atoms in total. The fourth-order valence-corrected chi connectivity index (χ4v) is 2.83. The van der Waals surface area contributed by atoms with Crippen molar-refractivity contribution in [3.05, 3.63) is 48.1 Å². The molecule has 1 rings (SSSR count). The van der Waals surface area contributed by atoms with Crippen LogP contribution in [0.1, 0.15) is 52.4 Å². The summed E-state index contributed by atoms with van der Waals surface area (Å²) in [6.45, 7) is 12.3. The van der Waals surface area contributed by atoms with Gasteiger partial charge in [-0.1, -0.05) is 63.5 Å². The number of hydrogen-bond acceptors (Lipinski definition) is 0. The molecule has 1 fully saturated rings. The molecule has 0 aromatic rings. The smallest absolute Gasteiger partial charge is 0.0244 e. The summed E-state index contributed by atoms with van der Waals surface area (Å²) in [7, 11) is 0. The van der Waals surface area contributed by atoms with E-state index in [-0.39, 0.29) is 0 Å². The maximum absolute atomic E-state index is 4.28. The monoisotopic (exact) mass is 230 g/mol. The van der Waals surface area contributed by atoms with Crippen molar-refractivity contribution >= 4 is 0 Å². The zero-order valence-electron chi connectivity index (χ0n) is 11.5. The van der Waals surface area contributed by atoms with Gasteiger partial charge in [0.25, 0.3) is 0 Å². The van der Waals surface area contributed by atoms with Crippen LogP contribution in [0, 0.1) is 5.92 Å². The van der Waals surface area contributed by atoms with E-state index >= 15 is 0 Å². The molecule has 0 aromatic carbocycles. The molecule has 94 valence electrons. The van der Waals surface area contributed by atoms with Crippen molar-refractivity contribution in [1.29, 1.82) is 0 Å². The quantitative estimate of drug-likeness (QED) is 0.540. The van der Waals surface area contributed by atoms with Crippen molar-refractivity contribution in [3.63, 3.8) is 0 Å². The van der Waals surface area contributed by atoms with Gasteiger partial charge in [0.15, 0.2) is 0 Å². The number of hydrogen-bond donors (Lipinski definition) is 0. The van der Waals surface area contributed by atoms with Crippen molar-refractivity contribution < 1.29 is 0 Å². The van der Waals surface area contributed by atoms with Crippen molar-refractivity contribution in [1.82, 2.24) is 0 Å². The summed E-state index contributed by atoms with van der Waals surface area (Å²) in [4.78, 5) is 0. The first-order valence-corrected chi connectivity index (χ1v) is 6.83. The Kier molecular flexibility index (Phi) is 6.04. The average molecular weight is 230 g/mol. The van der Waals surface area contributed by atoms with Crippen molar-refractivity contribution in [2.24, 2.45) is 5.92 Å². The Bertz CT molecular complexity index is 322. The second-order valence-corrected chi connectivity index (χ2v) is 5.10. The molecule has 1 aliphatic carbocycles. The van der Waals surface area contributed by atoms with Crippen molar-refractivity contribution in [3.8, 4) is 0 Å². The van der Waals surface area contributed by atoms with E-state index in [9.17, 15) is 0 Å². The van der Waals surface area contributed by atoms with Gasteiger partial charge in [-0.05, 0) is 42.9 Å². The minimum absolute atomic E-state index is 0.864. The molecule has 0 heterocycles. The predicted molar refractivity (Wildman–Crippen MR) is 78.0 cm³/mol. The van der Waals surface area contributed by atoms with Gasteiger partial charge in [0, 0.05) is 0 Å². The Morgan fingerprint density at radius 1 is 1.24 bits per heavy atom. The first-order chi connectivity index (χ1) is 8.19. The van der Waals surface area contributed by atoms with Crippen LogP contribution in [-0.4, -0.2) is 0 Å². The molecule has 0 radical (unpaired) electrons. The topological polar surface area (TPSA) is 0 Å². The van der Waals surface area contributed by atoms with Crippen LogP contribution in [0.3, 0.4) is 0 Å². The molecule has 17 heavy (non-hydrogen) atoms. The average Bonchev–Trinajstić information content (AvgIpc) is 2.31. The Morgan fingerprint density at radius 2 is 1.88 bits per heavy atom. The predicted octanol–water partition coefficient (Wildman–Crippen LogP) is 5.59.